The minimum Gasteiger partial charge on any atom is -0.352 e. The third-order valence-electron chi connectivity index (χ3n) is 4.67. The van der Waals surface area contributed by atoms with Gasteiger partial charge in [-0.2, -0.15) is 0 Å². The summed E-state index contributed by atoms with van der Waals surface area (Å²) in [5.41, 5.74) is 3.01. The molecule has 2 atom stereocenters. The largest absolute Gasteiger partial charge is 0.352 e. The van der Waals surface area contributed by atoms with Crippen molar-refractivity contribution >= 4 is 17.5 Å². The molecule has 2 N–H and O–H groups in total. The summed E-state index contributed by atoms with van der Waals surface area (Å²) in [6.45, 7) is 6.89. The van der Waals surface area contributed by atoms with Gasteiger partial charge in [0.2, 0.25) is 11.8 Å². The molecule has 1 saturated carbocycles. The fourth-order valence-corrected chi connectivity index (χ4v) is 2.89. The summed E-state index contributed by atoms with van der Waals surface area (Å²) in [7, 11) is 0. The molecule has 1 heterocycles. The molecular weight excluding hydrogens is 326 g/mol. The Balaban J connectivity index is 1.48. The van der Waals surface area contributed by atoms with E-state index in [4.69, 9.17) is 0 Å². The SMILES string of the molecule is CC(C)(C)c1ccc(NC(=O)C2CC2C(=O)NCc2cccnc2)cc1. The van der Waals surface area contributed by atoms with Gasteiger partial charge in [0.15, 0.2) is 0 Å². The molecule has 5 nitrogen and oxygen atoms in total. The van der Waals surface area contributed by atoms with Crippen LogP contribution in [0.15, 0.2) is 48.8 Å². The predicted octanol–water partition coefficient (Wildman–Crippen LogP) is 3.27. The monoisotopic (exact) mass is 351 g/mol. The van der Waals surface area contributed by atoms with Gasteiger partial charge in [-0.1, -0.05) is 39.0 Å². The number of carbonyl (C=O) groups is 2. The molecule has 1 aromatic carbocycles. The zero-order chi connectivity index (χ0) is 18.7. The summed E-state index contributed by atoms with van der Waals surface area (Å²) in [5, 5.41) is 5.79. The van der Waals surface area contributed by atoms with Gasteiger partial charge >= 0.3 is 0 Å². The first-order valence-corrected chi connectivity index (χ1v) is 8.92. The molecule has 0 aliphatic heterocycles. The first-order chi connectivity index (χ1) is 12.3. The Morgan fingerprint density at radius 3 is 2.38 bits per heavy atom. The normalized spacial score (nSPS) is 18.9. The second kappa shape index (κ2) is 7.28. The number of carbonyl (C=O) groups excluding carboxylic acids is 2. The Morgan fingerprint density at radius 2 is 1.77 bits per heavy atom. The molecule has 1 aromatic heterocycles. The number of rotatable bonds is 5. The Morgan fingerprint density at radius 1 is 1.08 bits per heavy atom. The van der Waals surface area contributed by atoms with Crippen LogP contribution in [0.5, 0.6) is 0 Å². The third-order valence-corrected chi connectivity index (χ3v) is 4.67. The fraction of sp³-hybridized carbons (Fsp3) is 0.381. The van der Waals surface area contributed by atoms with Gasteiger partial charge in [0.05, 0.1) is 11.8 Å². The van der Waals surface area contributed by atoms with Gasteiger partial charge in [-0.3, -0.25) is 14.6 Å². The van der Waals surface area contributed by atoms with Crippen molar-refractivity contribution in [3.8, 4) is 0 Å². The molecule has 0 saturated heterocycles. The molecule has 0 radical (unpaired) electrons. The molecule has 2 unspecified atom stereocenters. The number of amides is 2. The number of benzene rings is 1. The number of aromatic nitrogens is 1. The van der Waals surface area contributed by atoms with Crippen molar-refractivity contribution in [2.75, 3.05) is 5.32 Å². The van der Waals surface area contributed by atoms with E-state index in [1.165, 1.54) is 5.56 Å². The Labute approximate surface area is 154 Å². The smallest absolute Gasteiger partial charge is 0.228 e. The highest BCUT2D eigenvalue weighted by atomic mass is 16.2. The van der Waals surface area contributed by atoms with Crippen molar-refractivity contribution < 1.29 is 9.59 Å². The lowest BCUT2D eigenvalue weighted by molar-refractivity contribution is -0.125. The summed E-state index contributed by atoms with van der Waals surface area (Å²) >= 11 is 0. The number of hydrogen-bond donors (Lipinski definition) is 2. The highest BCUT2D eigenvalue weighted by molar-refractivity contribution is 5.99. The number of hydrogen-bond acceptors (Lipinski definition) is 3. The average Bonchev–Trinajstić information content (AvgIpc) is 3.41. The van der Waals surface area contributed by atoms with E-state index in [2.05, 4.69) is 36.4 Å². The third kappa shape index (κ3) is 4.48. The van der Waals surface area contributed by atoms with Crippen LogP contribution in [-0.4, -0.2) is 16.8 Å². The van der Waals surface area contributed by atoms with Gasteiger partial charge in [0, 0.05) is 24.6 Å². The van der Waals surface area contributed by atoms with E-state index < -0.39 is 0 Å². The van der Waals surface area contributed by atoms with Gasteiger partial charge in [-0.15, -0.1) is 0 Å². The lowest BCUT2D eigenvalue weighted by Crippen LogP contribution is -2.27. The van der Waals surface area contributed by atoms with E-state index in [1.54, 1.807) is 12.4 Å². The van der Waals surface area contributed by atoms with E-state index in [1.807, 2.05) is 36.4 Å². The molecule has 0 bridgehead atoms. The first-order valence-electron chi connectivity index (χ1n) is 8.92. The van der Waals surface area contributed by atoms with E-state index in [9.17, 15) is 9.59 Å². The average molecular weight is 351 g/mol. The maximum absolute atomic E-state index is 12.3. The van der Waals surface area contributed by atoms with Crippen LogP contribution in [0, 0.1) is 11.8 Å². The molecule has 136 valence electrons. The standard InChI is InChI=1S/C21H25N3O2/c1-21(2,3)15-6-8-16(9-7-15)24-20(26)18-11-17(18)19(25)23-13-14-5-4-10-22-12-14/h4-10,12,17-18H,11,13H2,1-3H3,(H,23,25)(H,24,26). The quantitative estimate of drug-likeness (QED) is 0.868. The number of pyridine rings is 1. The summed E-state index contributed by atoms with van der Waals surface area (Å²) in [6, 6.07) is 11.6. The summed E-state index contributed by atoms with van der Waals surface area (Å²) in [6.07, 6.45) is 4.02. The van der Waals surface area contributed by atoms with Crippen LogP contribution in [0.25, 0.3) is 0 Å². The number of nitrogens with one attached hydrogen (secondary N) is 2. The summed E-state index contributed by atoms with van der Waals surface area (Å²) < 4.78 is 0. The van der Waals surface area contributed by atoms with Gasteiger partial charge in [-0.05, 0) is 41.2 Å². The van der Waals surface area contributed by atoms with Gasteiger partial charge < -0.3 is 10.6 Å². The van der Waals surface area contributed by atoms with Gasteiger partial charge in [0.1, 0.15) is 0 Å². The lowest BCUT2D eigenvalue weighted by atomic mass is 9.87. The highest BCUT2D eigenvalue weighted by Crippen LogP contribution is 2.39. The summed E-state index contributed by atoms with van der Waals surface area (Å²) in [5.74, 6) is -0.640. The van der Waals surface area contributed by atoms with Crippen molar-refractivity contribution in [2.45, 2.75) is 39.2 Å². The van der Waals surface area contributed by atoms with Crippen molar-refractivity contribution in [1.82, 2.24) is 10.3 Å². The minimum atomic E-state index is -0.244. The second-order valence-corrected chi connectivity index (χ2v) is 7.84. The van der Waals surface area contributed by atoms with Crippen LogP contribution in [0.2, 0.25) is 0 Å². The number of nitrogens with zero attached hydrogens (tertiary/aromatic N) is 1. The maximum Gasteiger partial charge on any atom is 0.228 e. The molecule has 1 aliphatic rings. The van der Waals surface area contributed by atoms with Crippen molar-refractivity contribution in [1.29, 1.82) is 0 Å². The predicted molar refractivity (Wildman–Crippen MR) is 101 cm³/mol. The van der Waals surface area contributed by atoms with Crippen LogP contribution in [0.3, 0.4) is 0 Å². The van der Waals surface area contributed by atoms with E-state index in [-0.39, 0.29) is 29.1 Å². The van der Waals surface area contributed by atoms with E-state index in [0.717, 1.165) is 11.3 Å². The lowest BCUT2D eigenvalue weighted by Gasteiger charge is -2.19. The van der Waals surface area contributed by atoms with Crippen LogP contribution < -0.4 is 10.6 Å². The Bertz CT molecular complexity index is 779. The zero-order valence-corrected chi connectivity index (χ0v) is 15.5. The maximum atomic E-state index is 12.3. The van der Waals surface area contributed by atoms with Crippen LogP contribution in [0.1, 0.15) is 38.3 Å². The fourth-order valence-electron chi connectivity index (χ4n) is 2.89. The molecule has 2 aromatic rings. The Hall–Kier alpha value is -2.69. The molecule has 26 heavy (non-hydrogen) atoms. The van der Waals surface area contributed by atoms with Crippen molar-refractivity contribution in [3.63, 3.8) is 0 Å². The molecule has 3 rings (SSSR count). The topological polar surface area (TPSA) is 71.1 Å². The highest BCUT2D eigenvalue weighted by Gasteiger charge is 2.47. The zero-order valence-electron chi connectivity index (χ0n) is 15.5. The van der Waals surface area contributed by atoms with Gasteiger partial charge in [0.25, 0.3) is 0 Å². The summed E-state index contributed by atoms with van der Waals surface area (Å²) in [4.78, 5) is 28.6. The van der Waals surface area contributed by atoms with Crippen molar-refractivity contribution in [3.05, 3.63) is 59.9 Å². The second-order valence-electron chi connectivity index (χ2n) is 7.84. The molecular formula is C21H25N3O2. The number of anilines is 1. The molecule has 2 amide bonds. The van der Waals surface area contributed by atoms with E-state index in [0.29, 0.717) is 13.0 Å². The Kier molecular flexibility index (Phi) is 5.07. The minimum absolute atomic E-state index is 0.0721. The van der Waals surface area contributed by atoms with Crippen molar-refractivity contribution in [2.24, 2.45) is 11.8 Å². The molecule has 0 spiro atoms. The van der Waals surface area contributed by atoms with Crippen LogP contribution in [-0.2, 0) is 21.5 Å². The molecule has 1 fully saturated rings. The molecule has 5 heteroatoms. The van der Waals surface area contributed by atoms with Crippen LogP contribution in [0.4, 0.5) is 5.69 Å². The first kappa shape index (κ1) is 18.1. The van der Waals surface area contributed by atoms with Gasteiger partial charge in [-0.25, -0.2) is 0 Å². The molecule has 1 aliphatic carbocycles. The van der Waals surface area contributed by atoms with E-state index >= 15 is 0 Å². The van der Waals surface area contributed by atoms with Crippen LogP contribution >= 0.6 is 0 Å².